The van der Waals surface area contributed by atoms with Gasteiger partial charge in [0.1, 0.15) is 5.76 Å². The standard InChI is InChI=1S/C9H8OS/c1-7-5-9(11-6-7)8-3-2-4-10-8/h2-6H,1H3. The van der Waals surface area contributed by atoms with E-state index in [1.807, 2.05) is 12.1 Å². The molecule has 11 heavy (non-hydrogen) atoms. The Morgan fingerprint density at radius 1 is 1.45 bits per heavy atom. The highest BCUT2D eigenvalue weighted by Gasteiger charge is 2.01. The maximum atomic E-state index is 5.24. The molecule has 0 N–H and O–H groups in total. The van der Waals surface area contributed by atoms with E-state index in [4.69, 9.17) is 4.42 Å². The van der Waals surface area contributed by atoms with Gasteiger partial charge < -0.3 is 4.42 Å². The predicted octanol–water partition coefficient (Wildman–Crippen LogP) is 3.32. The monoisotopic (exact) mass is 164 g/mol. The smallest absolute Gasteiger partial charge is 0.143 e. The Balaban J connectivity index is 2.45. The van der Waals surface area contributed by atoms with Crippen molar-refractivity contribution in [1.29, 1.82) is 0 Å². The van der Waals surface area contributed by atoms with E-state index in [1.165, 1.54) is 10.4 Å². The van der Waals surface area contributed by atoms with E-state index in [0.29, 0.717) is 0 Å². The molecular weight excluding hydrogens is 156 g/mol. The largest absolute Gasteiger partial charge is 0.464 e. The molecule has 2 aromatic rings. The van der Waals surface area contributed by atoms with Gasteiger partial charge in [-0.25, -0.2) is 0 Å². The minimum atomic E-state index is 0.961. The summed E-state index contributed by atoms with van der Waals surface area (Å²) < 4.78 is 5.24. The third kappa shape index (κ3) is 1.21. The second-order valence-corrected chi connectivity index (χ2v) is 3.38. The van der Waals surface area contributed by atoms with Crippen LogP contribution in [-0.2, 0) is 0 Å². The van der Waals surface area contributed by atoms with Crippen LogP contribution in [0.4, 0.5) is 0 Å². The Kier molecular flexibility index (Phi) is 1.55. The summed E-state index contributed by atoms with van der Waals surface area (Å²) in [5.74, 6) is 0.961. The van der Waals surface area contributed by atoms with Crippen LogP contribution in [0.1, 0.15) is 5.56 Å². The van der Waals surface area contributed by atoms with Gasteiger partial charge in [-0.2, -0.15) is 0 Å². The molecule has 0 fully saturated rings. The fourth-order valence-electron chi connectivity index (χ4n) is 0.979. The molecule has 0 aliphatic heterocycles. The zero-order chi connectivity index (χ0) is 7.68. The van der Waals surface area contributed by atoms with Gasteiger partial charge >= 0.3 is 0 Å². The van der Waals surface area contributed by atoms with Crippen LogP contribution in [0.25, 0.3) is 10.6 Å². The Hall–Kier alpha value is -1.02. The molecule has 2 heteroatoms. The molecule has 0 amide bonds. The average molecular weight is 164 g/mol. The summed E-state index contributed by atoms with van der Waals surface area (Å²) in [5.41, 5.74) is 1.29. The van der Waals surface area contributed by atoms with E-state index in [1.54, 1.807) is 17.6 Å². The molecule has 0 aliphatic carbocycles. The second-order valence-electron chi connectivity index (χ2n) is 2.47. The highest BCUT2D eigenvalue weighted by molar-refractivity contribution is 7.13. The van der Waals surface area contributed by atoms with Crippen LogP contribution in [-0.4, -0.2) is 0 Å². The van der Waals surface area contributed by atoms with Gasteiger partial charge in [-0.05, 0) is 36.1 Å². The van der Waals surface area contributed by atoms with Gasteiger partial charge in [0, 0.05) is 0 Å². The Morgan fingerprint density at radius 3 is 2.91 bits per heavy atom. The third-order valence-electron chi connectivity index (χ3n) is 1.49. The molecule has 2 rings (SSSR count). The highest BCUT2D eigenvalue weighted by atomic mass is 32.1. The van der Waals surface area contributed by atoms with Crippen molar-refractivity contribution in [2.24, 2.45) is 0 Å². The summed E-state index contributed by atoms with van der Waals surface area (Å²) in [5, 5.41) is 2.12. The lowest BCUT2D eigenvalue weighted by Gasteiger charge is -1.85. The van der Waals surface area contributed by atoms with Crippen LogP contribution in [0.2, 0.25) is 0 Å². The minimum absolute atomic E-state index is 0.961. The van der Waals surface area contributed by atoms with Crippen molar-refractivity contribution in [3.63, 3.8) is 0 Å². The lowest BCUT2D eigenvalue weighted by molar-refractivity contribution is 0.584. The highest BCUT2D eigenvalue weighted by Crippen LogP contribution is 2.26. The first-order valence-electron chi connectivity index (χ1n) is 3.45. The molecular formula is C9H8OS. The number of rotatable bonds is 1. The van der Waals surface area contributed by atoms with Crippen LogP contribution < -0.4 is 0 Å². The fraction of sp³-hybridized carbons (Fsp3) is 0.111. The maximum Gasteiger partial charge on any atom is 0.143 e. The zero-order valence-corrected chi connectivity index (χ0v) is 7.02. The number of furan rings is 1. The van der Waals surface area contributed by atoms with Gasteiger partial charge in [0.15, 0.2) is 0 Å². The molecule has 2 aromatic heterocycles. The van der Waals surface area contributed by atoms with E-state index < -0.39 is 0 Å². The Bertz CT molecular complexity index is 332. The lowest BCUT2D eigenvalue weighted by atomic mass is 10.3. The minimum Gasteiger partial charge on any atom is -0.464 e. The van der Waals surface area contributed by atoms with Crippen LogP contribution >= 0.6 is 11.3 Å². The molecule has 0 bridgehead atoms. The molecule has 0 unspecified atom stereocenters. The van der Waals surface area contributed by atoms with Gasteiger partial charge in [0.25, 0.3) is 0 Å². The zero-order valence-electron chi connectivity index (χ0n) is 6.20. The first-order chi connectivity index (χ1) is 5.36. The molecule has 0 aliphatic rings. The van der Waals surface area contributed by atoms with Gasteiger partial charge in [-0.3, -0.25) is 0 Å². The fourth-order valence-corrected chi connectivity index (χ4v) is 1.85. The summed E-state index contributed by atoms with van der Waals surface area (Å²) in [6.07, 6.45) is 1.70. The van der Waals surface area contributed by atoms with Gasteiger partial charge in [-0.1, -0.05) is 0 Å². The average Bonchev–Trinajstić information content (AvgIpc) is 2.55. The molecule has 56 valence electrons. The van der Waals surface area contributed by atoms with E-state index in [-0.39, 0.29) is 0 Å². The van der Waals surface area contributed by atoms with Crippen molar-refractivity contribution < 1.29 is 4.42 Å². The summed E-state index contributed by atoms with van der Waals surface area (Å²) >= 11 is 1.71. The number of aryl methyl sites for hydroxylation is 1. The molecule has 0 saturated carbocycles. The summed E-state index contributed by atoms with van der Waals surface area (Å²) in [6.45, 7) is 2.09. The molecule has 1 nitrogen and oxygen atoms in total. The number of hydrogen-bond donors (Lipinski definition) is 0. The third-order valence-corrected chi connectivity index (χ3v) is 2.56. The quantitative estimate of drug-likeness (QED) is 0.630. The van der Waals surface area contributed by atoms with Crippen molar-refractivity contribution in [3.8, 4) is 10.6 Å². The van der Waals surface area contributed by atoms with Crippen LogP contribution in [0.5, 0.6) is 0 Å². The van der Waals surface area contributed by atoms with Crippen LogP contribution in [0.15, 0.2) is 34.3 Å². The van der Waals surface area contributed by atoms with E-state index in [2.05, 4.69) is 18.4 Å². The molecule has 0 radical (unpaired) electrons. The van der Waals surface area contributed by atoms with Crippen molar-refractivity contribution in [3.05, 3.63) is 35.4 Å². The predicted molar refractivity (Wildman–Crippen MR) is 46.8 cm³/mol. The topological polar surface area (TPSA) is 13.1 Å². The summed E-state index contributed by atoms with van der Waals surface area (Å²) in [6, 6.07) is 6.01. The number of hydrogen-bond acceptors (Lipinski definition) is 2. The lowest BCUT2D eigenvalue weighted by Crippen LogP contribution is -1.61. The summed E-state index contributed by atoms with van der Waals surface area (Å²) in [4.78, 5) is 1.20. The first-order valence-corrected chi connectivity index (χ1v) is 4.33. The normalized spacial score (nSPS) is 10.3. The SMILES string of the molecule is Cc1csc(-c2ccco2)c1. The van der Waals surface area contributed by atoms with Crippen molar-refractivity contribution in [2.75, 3.05) is 0 Å². The Labute approximate surface area is 69.3 Å². The van der Waals surface area contributed by atoms with Crippen molar-refractivity contribution >= 4 is 11.3 Å². The van der Waals surface area contributed by atoms with Crippen LogP contribution in [0.3, 0.4) is 0 Å². The molecule has 2 heterocycles. The number of thiophene rings is 1. The first kappa shape index (κ1) is 6.68. The van der Waals surface area contributed by atoms with Crippen molar-refractivity contribution in [2.45, 2.75) is 6.92 Å². The van der Waals surface area contributed by atoms with E-state index in [9.17, 15) is 0 Å². The second kappa shape index (κ2) is 2.55. The van der Waals surface area contributed by atoms with Gasteiger partial charge in [0.05, 0.1) is 11.1 Å². The van der Waals surface area contributed by atoms with E-state index in [0.717, 1.165) is 5.76 Å². The summed E-state index contributed by atoms with van der Waals surface area (Å²) in [7, 11) is 0. The maximum absolute atomic E-state index is 5.24. The van der Waals surface area contributed by atoms with Crippen LogP contribution in [0, 0.1) is 6.92 Å². The molecule has 0 atom stereocenters. The van der Waals surface area contributed by atoms with Gasteiger partial charge in [-0.15, -0.1) is 11.3 Å². The van der Waals surface area contributed by atoms with Gasteiger partial charge in [0.2, 0.25) is 0 Å². The molecule has 0 spiro atoms. The van der Waals surface area contributed by atoms with Crippen molar-refractivity contribution in [1.82, 2.24) is 0 Å². The van der Waals surface area contributed by atoms with E-state index >= 15 is 0 Å². The Morgan fingerprint density at radius 2 is 2.36 bits per heavy atom. The molecule has 0 aromatic carbocycles. The molecule has 0 saturated heterocycles.